The standard InChI is InChI=1S/C18H29N/c1-12-8-9-15(13(2)10-12)14(3)19-11-16-17(4,5)18(16,6)7/h8-10,14,16,19H,11H2,1-7H3. The number of benzene rings is 1. The summed E-state index contributed by atoms with van der Waals surface area (Å²) in [6.45, 7) is 17.3. The van der Waals surface area contributed by atoms with Crippen molar-refractivity contribution in [3.63, 3.8) is 0 Å². The van der Waals surface area contributed by atoms with Gasteiger partial charge in [0.1, 0.15) is 0 Å². The molecule has 1 heteroatoms. The Morgan fingerprint density at radius 1 is 1.11 bits per heavy atom. The van der Waals surface area contributed by atoms with Gasteiger partial charge in [0, 0.05) is 6.04 Å². The Labute approximate surface area is 118 Å². The maximum absolute atomic E-state index is 3.73. The zero-order chi connectivity index (χ0) is 14.4. The van der Waals surface area contributed by atoms with E-state index in [4.69, 9.17) is 0 Å². The minimum Gasteiger partial charge on any atom is -0.310 e. The van der Waals surface area contributed by atoms with Crippen molar-refractivity contribution in [1.29, 1.82) is 0 Å². The van der Waals surface area contributed by atoms with E-state index in [0.717, 1.165) is 12.5 Å². The van der Waals surface area contributed by atoms with Crippen LogP contribution in [0.25, 0.3) is 0 Å². The number of nitrogens with one attached hydrogen (secondary N) is 1. The Hall–Kier alpha value is -0.820. The third-order valence-corrected chi connectivity index (χ3v) is 5.84. The van der Waals surface area contributed by atoms with E-state index < -0.39 is 0 Å². The van der Waals surface area contributed by atoms with Gasteiger partial charge in [0.15, 0.2) is 0 Å². The lowest BCUT2D eigenvalue weighted by molar-refractivity contribution is 0.457. The largest absolute Gasteiger partial charge is 0.310 e. The van der Waals surface area contributed by atoms with Crippen LogP contribution in [0.5, 0.6) is 0 Å². The molecule has 1 aliphatic carbocycles. The average molecular weight is 259 g/mol. The summed E-state index contributed by atoms with van der Waals surface area (Å²) in [6, 6.07) is 7.20. The third kappa shape index (κ3) is 2.45. The monoisotopic (exact) mass is 259 g/mol. The molecule has 106 valence electrons. The van der Waals surface area contributed by atoms with E-state index in [-0.39, 0.29) is 0 Å². The van der Waals surface area contributed by atoms with Crippen molar-refractivity contribution in [3.8, 4) is 0 Å². The van der Waals surface area contributed by atoms with Crippen molar-refractivity contribution in [2.24, 2.45) is 16.7 Å². The first-order valence-corrected chi connectivity index (χ1v) is 7.48. The molecule has 19 heavy (non-hydrogen) atoms. The first kappa shape index (κ1) is 14.6. The molecule has 1 aliphatic rings. The lowest BCUT2D eigenvalue weighted by Crippen LogP contribution is -2.23. The SMILES string of the molecule is Cc1ccc(C(C)NCC2C(C)(C)C2(C)C)c(C)c1. The fraction of sp³-hybridized carbons (Fsp3) is 0.667. The van der Waals surface area contributed by atoms with Crippen molar-refractivity contribution in [2.45, 2.75) is 54.5 Å². The van der Waals surface area contributed by atoms with E-state index in [1.165, 1.54) is 16.7 Å². The molecule has 0 heterocycles. The molecule has 0 aromatic heterocycles. The Kier molecular flexibility index (Phi) is 3.55. The van der Waals surface area contributed by atoms with Gasteiger partial charge in [-0.1, -0.05) is 51.5 Å². The van der Waals surface area contributed by atoms with Crippen molar-refractivity contribution in [1.82, 2.24) is 5.32 Å². The van der Waals surface area contributed by atoms with E-state index in [9.17, 15) is 0 Å². The maximum atomic E-state index is 3.73. The fourth-order valence-corrected chi connectivity index (χ4v) is 3.56. The van der Waals surface area contributed by atoms with Crippen LogP contribution in [0.2, 0.25) is 0 Å². The molecule has 1 aromatic rings. The summed E-state index contributed by atoms with van der Waals surface area (Å²) < 4.78 is 0. The van der Waals surface area contributed by atoms with Gasteiger partial charge in [0.25, 0.3) is 0 Å². The van der Waals surface area contributed by atoms with E-state index in [1.807, 2.05) is 0 Å². The van der Waals surface area contributed by atoms with Gasteiger partial charge >= 0.3 is 0 Å². The molecule has 2 rings (SSSR count). The van der Waals surface area contributed by atoms with E-state index in [0.29, 0.717) is 16.9 Å². The molecule has 1 N–H and O–H groups in total. The summed E-state index contributed by atoms with van der Waals surface area (Å²) >= 11 is 0. The number of aryl methyl sites for hydroxylation is 2. The zero-order valence-electron chi connectivity index (χ0n) is 13.6. The van der Waals surface area contributed by atoms with Crippen LogP contribution in [0.4, 0.5) is 0 Å². The summed E-state index contributed by atoms with van der Waals surface area (Å²) in [5.41, 5.74) is 5.12. The van der Waals surface area contributed by atoms with Gasteiger partial charge < -0.3 is 5.32 Å². The second-order valence-corrected chi connectivity index (χ2v) is 7.49. The third-order valence-electron chi connectivity index (χ3n) is 5.84. The molecule has 0 spiro atoms. The first-order valence-electron chi connectivity index (χ1n) is 7.48. The number of rotatable bonds is 4. The topological polar surface area (TPSA) is 12.0 Å². The highest BCUT2D eigenvalue weighted by Crippen LogP contribution is 2.68. The molecule has 1 atom stereocenters. The molecular weight excluding hydrogens is 230 g/mol. The fourth-order valence-electron chi connectivity index (χ4n) is 3.56. The van der Waals surface area contributed by atoms with Gasteiger partial charge in [-0.2, -0.15) is 0 Å². The van der Waals surface area contributed by atoms with Crippen LogP contribution in [0, 0.1) is 30.6 Å². The first-order chi connectivity index (χ1) is 8.68. The highest BCUT2D eigenvalue weighted by Gasteiger charge is 2.63. The molecule has 0 radical (unpaired) electrons. The molecule has 0 aliphatic heterocycles. The van der Waals surface area contributed by atoms with Crippen molar-refractivity contribution < 1.29 is 0 Å². The summed E-state index contributed by atoms with van der Waals surface area (Å²) in [4.78, 5) is 0. The molecule has 1 aromatic carbocycles. The maximum Gasteiger partial charge on any atom is 0.0294 e. The van der Waals surface area contributed by atoms with Crippen LogP contribution >= 0.6 is 0 Å². The Balaban J connectivity index is 1.98. The van der Waals surface area contributed by atoms with Crippen LogP contribution in [-0.4, -0.2) is 6.54 Å². The van der Waals surface area contributed by atoms with E-state index in [1.54, 1.807) is 0 Å². The van der Waals surface area contributed by atoms with Crippen molar-refractivity contribution >= 4 is 0 Å². The Morgan fingerprint density at radius 3 is 2.16 bits per heavy atom. The lowest BCUT2D eigenvalue weighted by Gasteiger charge is -2.18. The van der Waals surface area contributed by atoms with Crippen LogP contribution in [0.3, 0.4) is 0 Å². The molecule has 0 bridgehead atoms. The highest BCUT2D eigenvalue weighted by molar-refractivity contribution is 5.32. The molecule has 1 nitrogen and oxygen atoms in total. The summed E-state index contributed by atoms with van der Waals surface area (Å²) in [5, 5.41) is 3.73. The number of hydrogen-bond acceptors (Lipinski definition) is 1. The van der Waals surface area contributed by atoms with E-state index in [2.05, 4.69) is 72.0 Å². The quantitative estimate of drug-likeness (QED) is 0.831. The van der Waals surface area contributed by atoms with E-state index >= 15 is 0 Å². The Bertz CT molecular complexity index is 457. The summed E-state index contributed by atoms with van der Waals surface area (Å²) in [7, 11) is 0. The predicted octanol–water partition coefficient (Wildman–Crippen LogP) is 4.64. The van der Waals surface area contributed by atoms with Crippen molar-refractivity contribution in [2.75, 3.05) is 6.54 Å². The zero-order valence-corrected chi connectivity index (χ0v) is 13.6. The smallest absolute Gasteiger partial charge is 0.0294 e. The minimum absolute atomic E-state index is 0.438. The molecule has 0 saturated heterocycles. The minimum atomic E-state index is 0.438. The van der Waals surface area contributed by atoms with Crippen LogP contribution in [-0.2, 0) is 0 Å². The van der Waals surface area contributed by atoms with Gasteiger partial charge in [0.05, 0.1) is 0 Å². The van der Waals surface area contributed by atoms with Gasteiger partial charge in [-0.25, -0.2) is 0 Å². The molecule has 1 unspecified atom stereocenters. The van der Waals surface area contributed by atoms with Crippen LogP contribution in [0.1, 0.15) is 57.4 Å². The summed E-state index contributed by atoms with van der Waals surface area (Å²) in [6.07, 6.45) is 0. The van der Waals surface area contributed by atoms with Crippen LogP contribution in [0.15, 0.2) is 18.2 Å². The van der Waals surface area contributed by atoms with Gasteiger partial charge in [0.2, 0.25) is 0 Å². The average Bonchev–Trinajstić information content (AvgIpc) is 2.66. The second-order valence-electron chi connectivity index (χ2n) is 7.49. The molecule has 1 saturated carbocycles. The normalized spacial score (nSPS) is 22.3. The van der Waals surface area contributed by atoms with Crippen LogP contribution < -0.4 is 5.32 Å². The van der Waals surface area contributed by atoms with Gasteiger partial charge in [-0.15, -0.1) is 0 Å². The van der Waals surface area contributed by atoms with Gasteiger partial charge in [-0.3, -0.25) is 0 Å². The van der Waals surface area contributed by atoms with Gasteiger partial charge in [-0.05, 0) is 55.2 Å². The Morgan fingerprint density at radius 2 is 1.68 bits per heavy atom. The summed E-state index contributed by atoms with van der Waals surface area (Å²) in [5.74, 6) is 0.785. The second kappa shape index (κ2) is 4.63. The van der Waals surface area contributed by atoms with Crippen molar-refractivity contribution in [3.05, 3.63) is 34.9 Å². The number of hydrogen-bond donors (Lipinski definition) is 1. The molecule has 1 fully saturated rings. The highest BCUT2D eigenvalue weighted by atomic mass is 14.9. The lowest BCUT2D eigenvalue weighted by atomic mass is 10.00. The molecular formula is C18H29N. The molecule has 0 amide bonds. The predicted molar refractivity (Wildman–Crippen MR) is 83.4 cm³/mol.